The highest BCUT2D eigenvalue weighted by Gasteiger charge is 2.35. The fourth-order valence-corrected chi connectivity index (χ4v) is 4.77. The van der Waals surface area contributed by atoms with Gasteiger partial charge in [0.15, 0.2) is 5.69 Å². The zero-order chi connectivity index (χ0) is 33.4. The minimum Gasteiger partial charge on any atom is -0.569 e. The van der Waals surface area contributed by atoms with Gasteiger partial charge in [0.05, 0.1) is 41.9 Å². The summed E-state index contributed by atoms with van der Waals surface area (Å²) in [4.78, 5) is 27.8. The van der Waals surface area contributed by atoms with Gasteiger partial charge < -0.3 is 14.7 Å². The Morgan fingerprint density at radius 1 is 1.13 bits per heavy atom. The van der Waals surface area contributed by atoms with E-state index in [4.69, 9.17) is 4.84 Å². The number of nitrogens with one attached hydrogen (secondary N) is 1. The number of carbonyl (C=O) groups excluding carboxylic acids is 2. The first kappa shape index (κ1) is 34.6. The van der Waals surface area contributed by atoms with E-state index in [1.807, 2.05) is 11.6 Å². The largest absolute Gasteiger partial charge is 0.569 e. The van der Waals surface area contributed by atoms with Crippen molar-refractivity contribution in [2.24, 2.45) is 5.28 Å². The number of benzene rings is 2. The summed E-state index contributed by atoms with van der Waals surface area (Å²) in [6.45, 7) is 3.27. The number of ether oxygens (including phenoxy) is 2. The molecule has 0 fully saturated rings. The maximum absolute atomic E-state index is 13.5. The van der Waals surface area contributed by atoms with Gasteiger partial charge in [0, 0.05) is 18.9 Å². The molecule has 0 aliphatic rings. The average molecular weight is 657 g/mol. The van der Waals surface area contributed by atoms with Gasteiger partial charge in [-0.15, -0.1) is 5.01 Å². The standard InChI is InChI=1S/C27H31F3N6O8S/c1-18-8-10-20(11-9-18)23-17-24(27(28,29)30)31-35(23)21-12-14-22(15-13-21)45(40,41)32-25(37)7-5-6-16-34(3)36(39)33-44-19(2)43-26(38)42-4/h8-15,17,19H,5-7,16H2,1-4H3,(H,32,37)/b36-33-. The highest BCUT2D eigenvalue weighted by Crippen LogP contribution is 2.33. The predicted octanol–water partition coefficient (Wildman–Crippen LogP) is 4.71. The van der Waals surface area contributed by atoms with Crippen molar-refractivity contribution >= 4 is 22.1 Å². The molecule has 1 atom stereocenters. The summed E-state index contributed by atoms with van der Waals surface area (Å²) < 4.78 is 77.8. The second kappa shape index (κ2) is 14.7. The number of aryl methyl sites for hydroxylation is 1. The van der Waals surface area contributed by atoms with Gasteiger partial charge in [0.2, 0.25) is 11.2 Å². The van der Waals surface area contributed by atoms with Crippen molar-refractivity contribution in [2.45, 2.75) is 50.5 Å². The first-order valence-electron chi connectivity index (χ1n) is 13.3. The van der Waals surface area contributed by atoms with Crippen LogP contribution < -0.4 is 4.72 Å². The molecule has 3 aromatic rings. The van der Waals surface area contributed by atoms with Crippen LogP contribution in [0.3, 0.4) is 0 Å². The van der Waals surface area contributed by atoms with Crippen LogP contribution in [0.2, 0.25) is 0 Å². The second-order valence-electron chi connectivity index (χ2n) is 9.63. The Kier molecular flexibility index (Phi) is 11.3. The third-order valence-electron chi connectivity index (χ3n) is 6.11. The maximum atomic E-state index is 13.5. The van der Waals surface area contributed by atoms with Crippen molar-refractivity contribution < 1.29 is 50.5 Å². The van der Waals surface area contributed by atoms with E-state index in [0.29, 0.717) is 12.0 Å². The lowest BCUT2D eigenvalue weighted by molar-refractivity contribution is -0.707. The van der Waals surface area contributed by atoms with Gasteiger partial charge in [-0.05, 0) is 50.1 Å². The highest BCUT2D eigenvalue weighted by molar-refractivity contribution is 7.90. The lowest BCUT2D eigenvalue weighted by atomic mass is 10.1. The van der Waals surface area contributed by atoms with Crippen LogP contribution in [0.5, 0.6) is 0 Å². The van der Waals surface area contributed by atoms with E-state index in [2.05, 4.69) is 19.8 Å². The van der Waals surface area contributed by atoms with Crippen molar-refractivity contribution in [1.82, 2.24) is 19.5 Å². The Hall–Kier alpha value is -4.87. The SMILES string of the molecule is COC(=O)OC(C)O/N=[N+](\[O-])N(C)CCCCC(=O)NS(=O)(=O)c1ccc(-n2nc(C(F)(F)F)cc2-c2ccc(C)cc2)cc1. The molecule has 18 heteroatoms. The van der Waals surface area contributed by atoms with E-state index in [0.717, 1.165) is 40.6 Å². The third kappa shape index (κ3) is 9.82. The van der Waals surface area contributed by atoms with Crippen molar-refractivity contribution in [3.05, 3.63) is 71.1 Å². The molecule has 1 heterocycles. The van der Waals surface area contributed by atoms with E-state index in [-0.39, 0.29) is 40.6 Å². The van der Waals surface area contributed by atoms with Crippen LogP contribution in [-0.2, 0) is 35.3 Å². The number of nitrogens with zero attached hydrogens (tertiary/aromatic N) is 5. The maximum Gasteiger partial charge on any atom is 0.511 e. The fraction of sp³-hybridized carbons (Fsp3) is 0.370. The molecule has 0 aliphatic carbocycles. The monoisotopic (exact) mass is 656 g/mol. The number of sulfonamides is 1. The summed E-state index contributed by atoms with van der Waals surface area (Å²) >= 11 is 0. The van der Waals surface area contributed by atoms with Crippen molar-refractivity contribution in [3.63, 3.8) is 0 Å². The minimum absolute atomic E-state index is 0.0995. The molecule has 1 N–H and O–H groups in total. The number of alkyl halides is 3. The molecule has 0 saturated heterocycles. The smallest absolute Gasteiger partial charge is 0.511 e. The number of hydrogen-bond acceptors (Lipinski definition) is 10. The van der Waals surface area contributed by atoms with Crippen LogP contribution in [0.25, 0.3) is 16.9 Å². The zero-order valence-corrected chi connectivity index (χ0v) is 25.5. The number of halogens is 3. The normalized spacial score (nSPS) is 12.7. The predicted molar refractivity (Wildman–Crippen MR) is 151 cm³/mol. The van der Waals surface area contributed by atoms with Gasteiger partial charge in [0.1, 0.15) is 0 Å². The molecule has 0 bridgehead atoms. The Balaban J connectivity index is 1.58. The number of aromatic nitrogens is 2. The molecule has 0 aliphatic heterocycles. The molecular formula is C27H31F3N6O8S. The highest BCUT2D eigenvalue weighted by atomic mass is 32.2. The summed E-state index contributed by atoms with van der Waals surface area (Å²) in [6, 6.07) is 12.6. The Labute approximate surface area is 256 Å². The topological polar surface area (TPSA) is 167 Å². The van der Waals surface area contributed by atoms with E-state index in [1.165, 1.54) is 26.1 Å². The van der Waals surface area contributed by atoms with Gasteiger partial charge in [-0.2, -0.15) is 18.3 Å². The summed E-state index contributed by atoms with van der Waals surface area (Å²) in [6.07, 6.45) is -6.58. The van der Waals surface area contributed by atoms with Gasteiger partial charge in [-0.1, -0.05) is 29.8 Å². The minimum atomic E-state index is -4.70. The lowest BCUT2D eigenvalue weighted by Crippen LogP contribution is -2.31. The van der Waals surface area contributed by atoms with Crippen LogP contribution in [-0.4, -0.2) is 67.2 Å². The Morgan fingerprint density at radius 3 is 2.38 bits per heavy atom. The zero-order valence-electron chi connectivity index (χ0n) is 24.6. The molecule has 0 saturated carbocycles. The van der Waals surface area contributed by atoms with Gasteiger partial charge in [-0.25, -0.2) is 22.6 Å². The van der Waals surface area contributed by atoms with E-state index >= 15 is 0 Å². The average Bonchev–Trinajstić information content (AvgIpc) is 3.44. The first-order valence-corrected chi connectivity index (χ1v) is 14.8. The van der Waals surface area contributed by atoms with Crippen molar-refractivity contribution in [2.75, 3.05) is 20.7 Å². The van der Waals surface area contributed by atoms with E-state index < -0.39 is 40.2 Å². The van der Waals surface area contributed by atoms with Crippen LogP contribution in [0, 0.1) is 12.1 Å². The summed E-state index contributed by atoms with van der Waals surface area (Å²) in [7, 11) is -1.81. The second-order valence-corrected chi connectivity index (χ2v) is 11.3. The van der Waals surface area contributed by atoms with Gasteiger partial charge in [-0.3, -0.25) is 9.63 Å². The molecule has 1 unspecified atom stereocenters. The molecule has 1 amide bonds. The number of unbranched alkanes of at least 4 members (excludes halogenated alkanes) is 1. The van der Waals surface area contributed by atoms with Crippen molar-refractivity contribution in [1.29, 1.82) is 0 Å². The molecule has 2 aromatic carbocycles. The third-order valence-corrected chi connectivity index (χ3v) is 7.50. The summed E-state index contributed by atoms with van der Waals surface area (Å²) in [5, 5.41) is 19.9. The van der Waals surface area contributed by atoms with Crippen LogP contribution >= 0.6 is 0 Å². The van der Waals surface area contributed by atoms with Gasteiger partial charge in [0.25, 0.3) is 16.3 Å². The number of carbonyl (C=O) groups is 2. The molecular weight excluding hydrogens is 625 g/mol. The fourth-order valence-electron chi connectivity index (χ4n) is 3.76. The van der Waals surface area contributed by atoms with E-state index in [1.54, 1.807) is 24.3 Å². The Morgan fingerprint density at radius 2 is 1.78 bits per heavy atom. The number of amides is 1. The number of hydrazine groups is 1. The van der Waals surface area contributed by atoms with Crippen molar-refractivity contribution in [3.8, 4) is 16.9 Å². The lowest BCUT2D eigenvalue weighted by Gasteiger charge is -2.14. The van der Waals surface area contributed by atoms with Crippen LogP contribution in [0.1, 0.15) is 37.4 Å². The molecule has 45 heavy (non-hydrogen) atoms. The number of hydrogen-bond donors (Lipinski definition) is 1. The molecule has 1 aromatic heterocycles. The molecule has 0 spiro atoms. The first-order chi connectivity index (χ1) is 21.1. The summed E-state index contributed by atoms with van der Waals surface area (Å²) in [5.41, 5.74) is 0.602. The number of methoxy groups -OCH3 is 1. The quantitative estimate of drug-likeness (QED) is 0.0679. The van der Waals surface area contributed by atoms with Crippen LogP contribution in [0.4, 0.5) is 18.0 Å². The van der Waals surface area contributed by atoms with Crippen LogP contribution in [0.15, 0.2) is 64.8 Å². The number of rotatable bonds is 13. The Bertz CT molecular complexity index is 1610. The molecule has 14 nitrogen and oxygen atoms in total. The van der Waals surface area contributed by atoms with E-state index in [9.17, 15) is 36.4 Å². The van der Waals surface area contributed by atoms with Gasteiger partial charge >= 0.3 is 12.3 Å². The summed E-state index contributed by atoms with van der Waals surface area (Å²) in [5.74, 6) is -0.800. The molecule has 3 rings (SSSR count). The molecule has 244 valence electrons. The molecule has 0 radical (unpaired) electrons.